The highest BCUT2D eigenvalue weighted by atomic mass is 32.2. The van der Waals surface area contributed by atoms with Crippen LogP contribution in [0.15, 0.2) is 53.4 Å². The number of aryl methyl sites for hydroxylation is 1. The van der Waals surface area contributed by atoms with E-state index in [4.69, 9.17) is 21.7 Å². The van der Waals surface area contributed by atoms with Gasteiger partial charge in [-0.1, -0.05) is 55.2 Å². The summed E-state index contributed by atoms with van der Waals surface area (Å²) in [4.78, 5) is 26.8. The highest BCUT2D eigenvalue weighted by molar-refractivity contribution is 8.26. The first-order chi connectivity index (χ1) is 15.0. The molecular weight excluding hydrogens is 432 g/mol. The first-order valence-corrected chi connectivity index (χ1v) is 11.1. The lowest BCUT2D eigenvalue weighted by molar-refractivity contribution is -0.124. The van der Waals surface area contributed by atoms with Crippen molar-refractivity contribution in [2.45, 2.75) is 13.3 Å². The van der Waals surface area contributed by atoms with Crippen molar-refractivity contribution in [1.82, 2.24) is 10.2 Å². The van der Waals surface area contributed by atoms with Crippen molar-refractivity contribution >= 4 is 46.2 Å². The summed E-state index contributed by atoms with van der Waals surface area (Å²) in [5, 5.41) is 2.76. The topological polar surface area (TPSA) is 67.9 Å². The Labute approximate surface area is 191 Å². The number of hydrogen-bond acceptors (Lipinski definition) is 6. The number of hydrogen-bond donors (Lipinski definition) is 1. The molecule has 0 atom stereocenters. The number of carbonyl (C=O) groups is 2. The zero-order chi connectivity index (χ0) is 22.2. The van der Waals surface area contributed by atoms with Crippen molar-refractivity contribution in [2.24, 2.45) is 0 Å². The van der Waals surface area contributed by atoms with Gasteiger partial charge in [0.15, 0.2) is 6.61 Å². The molecule has 8 heteroatoms. The van der Waals surface area contributed by atoms with Crippen molar-refractivity contribution in [3.05, 3.63) is 64.6 Å². The lowest BCUT2D eigenvalue weighted by atomic mass is 10.2. The van der Waals surface area contributed by atoms with Gasteiger partial charge in [-0.3, -0.25) is 14.5 Å². The zero-order valence-electron chi connectivity index (χ0n) is 17.4. The van der Waals surface area contributed by atoms with Gasteiger partial charge in [0.1, 0.15) is 15.8 Å². The van der Waals surface area contributed by atoms with E-state index in [0.29, 0.717) is 21.5 Å². The molecule has 0 saturated carbocycles. The maximum absolute atomic E-state index is 12.7. The number of thioether (sulfide) groups is 1. The van der Waals surface area contributed by atoms with E-state index in [1.165, 1.54) is 22.2 Å². The number of rotatable bonds is 9. The Hall–Kier alpha value is -2.84. The molecule has 0 unspecified atom stereocenters. The molecule has 0 spiro atoms. The van der Waals surface area contributed by atoms with Gasteiger partial charge in [0.2, 0.25) is 0 Å². The molecule has 6 nitrogen and oxygen atoms in total. The third-order valence-electron chi connectivity index (χ3n) is 4.62. The quantitative estimate of drug-likeness (QED) is 0.459. The number of thiocarbonyl (C=S) groups is 1. The summed E-state index contributed by atoms with van der Waals surface area (Å²) >= 11 is 6.59. The summed E-state index contributed by atoms with van der Waals surface area (Å²) in [5.74, 6) is 0.943. The first kappa shape index (κ1) is 22.8. The largest absolute Gasteiger partial charge is 0.497 e. The van der Waals surface area contributed by atoms with Crippen LogP contribution < -0.4 is 14.8 Å². The van der Waals surface area contributed by atoms with Gasteiger partial charge >= 0.3 is 0 Å². The van der Waals surface area contributed by atoms with E-state index in [-0.39, 0.29) is 25.0 Å². The molecule has 1 N–H and O–H groups in total. The standard InChI is InChI=1S/C23H24N2O4S2/c1-3-16-7-9-18(10-8-16)29-15-21(26)24-11-12-25-22(27)20(31-23(25)30)14-17-5-4-6-19(13-17)28-2/h4-10,13-14H,3,11-12,15H2,1-2H3,(H,24,26)/b20-14+. The summed E-state index contributed by atoms with van der Waals surface area (Å²) in [6.45, 7) is 2.59. The Morgan fingerprint density at radius 2 is 1.97 bits per heavy atom. The molecular formula is C23H24N2O4S2. The molecule has 0 aromatic heterocycles. The maximum atomic E-state index is 12.7. The summed E-state index contributed by atoms with van der Waals surface area (Å²) in [6, 6.07) is 15.1. The van der Waals surface area contributed by atoms with Crippen molar-refractivity contribution in [2.75, 3.05) is 26.8 Å². The average Bonchev–Trinajstić information content (AvgIpc) is 3.05. The molecule has 2 aromatic carbocycles. The molecule has 1 fully saturated rings. The Balaban J connectivity index is 1.47. The van der Waals surface area contributed by atoms with Crippen LogP contribution in [0.3, 0.4) is 0 Å². The molecule has 2 aromatic rings. The first-order valence-electron chi connectivity index (χ1n) is 9.88. The van der Waals surface area contributed by atoms with Crippen LogP contribution in [0.4, 0.5) is 0 Å². The van der Waals surface area contributed by atoms with Gasteiger partial charge in [0.05, 0.1) is 12.0 Å². The molecule has 3 rings (SSSR count). The van der Waals surface area contributed by atoms with Gasteiger partial charge in [0, 0.05) is 13.1 Å². The van der Waals surface area contributed by atoms with Crippen LogP contribution in [0.1, 0.15) is 18.1 Å². The molecule has 162 valence electrons. The minimum absolute atomic E-state index is 0.0837. The minimum Gasteiger partial charge on any atom is -0.497 e. The van der Waals surface area contributed by atoms with Gasteiger partial charge in [-0.2, -0.15) is 0 Å². The van der Waals surface area contributed by atoms with Crippen LogP contribution >= 0.6 is 24.0 Å². The van der Waals surface area contributed by atoms with E-state index < -0.39 is 0 Å². The molecule has 0 radical (unpaired) electrons. The van der Waals surface area contributed by atoms with Crippen LogP contribution in [0.2, 0.25) is 0 Å². The maximum Gasteiger partial charge on any atom is 0.266 e. The van der Waals surface area contributed by atoms with Gasteiger partial charge in [0.25, 0.3) is 11.8 Å². The fourth-order valence-corrected chi connectivity index (χ4v) is 4.21. The summed E-state index contributed by atoms with van der Waals surface area (Å²) < 4.78 is 11.2. The minimum atomic E-state index is -0.253. The van der Waals surface area contributed by atoms with Gasteiger partial charge in [-0.25, -0.2) is 0 Å². The number of nitrogens with one attached hydrogen (secondary N) is 1. The second-order valence-electron chi connectivity index (χ2n) is 6.75. The van der Waals surface area contributed by atoms with Crippen LogP contribution in [0.25, 0.3) is 6.08 Å². The second kappa shape index (κ2) is 11.0. The van der Waals surface area contributed by atoms with Crippen LogP contribution in [0, 0.1) is 0 Å². The molecule has 1 heterocycles. The van der Waals surface area contributed by atoms with Gasteiger partial charge in [-0.15, -0.1) is 0 Å². The van der Waals surface area contributed by atoms with Gasteiger partial charge in [-0.05, 0) is 47.9 Å². The number of ether oxygens (including phenoxy) is 2. The van der Waals surface area contributed by atoms with E-state index >= 15 is 0 Å². The van der Waals surface area contributed by atoms with E-state index in [9.17, 15) is 9.59 Å². The molecule has 0 bridgehead atoms. The second-order valence-corrected chi connectivity index (χ2v) is 8.42. The number of carbonyl (C=O) groups excluding carboxylic acids is 2. The predicted octanol–water partition coefficient (Wildman–Crippen LogP) is 3.65. The van der Waals surface area contributed by atoms with Crippen LogP contribution in [-0.2, 0) is 16.0 Å². The Kier molecular flexibility index (Phi) is 8.08. The molecule has 1 aliphatic rings. The zero-order valence-corrected chi connectivity index (χ0v) is 19.1. The fourth-order valence-electron chi connectivity index (χ4n) is 2.90. The Bertz CT molecular complexity index is 989. The van der Waals surface area contributed by atoms with E-state index in [2.05, 4.69) is 12.2 Å². The molecule has 0 aliphatic carbocycles. The molecule has 2 amide bonds. The summed E-state index contributed by atoms with van der Waals surface area (Å²) in [5.41, 5.74) is 2.07. The van der Waals surface area contributed by atoms with Crippen LogP contribution in [-0.4, -0.2) is 47.8 Å². The van der Waals surface area contributed by atoms with E-state index in [1.807, 2.05) is 48.5 Å². The Morgan fingerprint density at radius 1 is 1.19 bits per heavy atom. The number of benzene rings is 2. The van der Waals surface area contributed by atoms with E-state index in [0.717, 1.165) is 17.7 Å². The molecule has 1 saturated heterocycles. The van der Waals surface area contributed by atoms with Crippen molar-refractivity contribution in [1.29, 1.82) is 0 Å². The number of amides is 2. The highest BCUT2D eigenvalue weighted by Crippen LogP contribution is 2.32. The number of methoxy groups -OCH3 is 1. The SMILES string of the molecule is CCc1ccc(OCC(=O)NCCN2C(=O)/C(=C\c3cccc(OC)c3)SC2=S)cc1. The van der Waals surface area contributed by atoms with Crippen molar-refractivity contribution < 1.29 is 19.1 Å². The normalized spacial score (nSPS) is 14.8. The number of nitrogens with zero attached hydrogens (tertiary/aromatic N) is 1. The Morgan fingerprint density at radius 3 is 2.68 bits per heavy atom. The third-order valence-corrected chi connectivity index (χ3v) is 6.00. The highest BCUT2D eigenvalue weighted by Gasteiger charge is 2.31. The summed E-state index contributed by atoms with van der Waals surface area (Å²) in [7, 11) is 1.60. The summed E-state index contributed by atoms with van der Waals surface area (Å²) in [6.07, 6.45) is 2.74. The smallest absolute Gasteiger partial charge is 0.266 e. The van der Waals surface area contributed by atoms with Crippen molar-refractivity contribution in [3.8, 4) is 11.5 Å². The third kappa shape index (κ3) is 6.32. The fraction of sp³-hybridized carbons (Fsp3) is 0.261. The van der Waals surface area contributed by atoms with Gasteiger partial charge < -0.3 is 14.8 Å². The van der Waals surface area contributed by atoms with E-state index in [1.54, 1.807) is 13.2 Å². The molecule has 31 heavy (non-hydrogen) atoms. The monoisotopic (exact) mass is 456 g/mol. The lowest BCUT2D eigenvalue weighted by Crippen LogP contribution is -2.38. The average molecular weight is 457 g/mol. The molecule has 1 aliphatic heterocycles. The van der Waals surface area contributed by atoms with Crippen LogP contribution in [0.5, 0.6) is 11.5 Å². The predicted molar refractivity (Wildman–Crippen MR) is 127 cm³/mol. The van der Waals surface area contributed by atoms with Crippen molar-refractivity contribution in [3.63, 3.8) is 0 Å². The lowest BCUT2D eigenvalue weighted by Gasteiger charge is -2.15.